The SMILES string of the molecule is CCc1ccc(P(c2ccc(CC)cc2)C(C)C(C)P(c2ccccc2)c2ccccc2)cc1. The Morgan fingerprint density at radius 3 is 1.03 bits per heavy atom. The fourth-order valence-corrected chi connectivity index (χ4v) is 10.7. The topological polar surface area (TPSA) is 0 Å². The van der Waals surface area contributed by atoms with Crippen molar-refractivity contribution < 1.29 is 0 Å². The van der Waals surface area contributed by atoms with Crippen LogP contribution in [0, 0.1) is 0 Å². The van der Waals surface area contributed by atoms with Crippen molar-refractivity contribution in [2.45, 2.75) is 51.9 Å². The second-order valence-corrected chi connectivity index (χ2v) is 14.1. The van der Waals surface area contributed by atoms with Crippen LogP contribution in [0.15, 0.2) is 109 Å². The molecule has 4 aromatic carbocycles. The molecule has 4 aromatic rings. The lowest BCUT2D eigenvalue weighted by Crippen LogP contribution is -2.31. The van der Waals surface area contributed by atoms with E-state index in [1.165, 1.54) is 32.3 Å². The molecule has 0 spiro atoms. The Morgan fingerprint density at radius 2 is 0.735 bits per heavy atom. The minimum absolute atomic E-state index is 0.467. The van der Waals surface area contributed by atoms with Gasteiger partial charge in [0.1, 0.15) is 0 Å². The molecule has 0 saturated carbocycles. The Bertz CT molecular complexity index is 1050. The maximum Gasteiger partial charge on any atom is -0.00861 e. The molecule has 0 saturated heterocycles. The lowest BCUT2D eigenvalue weighted by molar-refractivity contribution is 0.912. The molecule has 174 valence electrons. The molecule has 0 aliphatic heterocycles. The zero-order chi connectivity index (χ0) is 23.9. The van der Waals surface area contributed by atoms with Crippen LogP contribution in [0.4, 0.5) is 0 Å². The first kappa shape index (κ1) is 24.9. The zero-order valence-corrected chi connectivity index (χ0v) is 22.6. The minimum atomic E-state index is -0.483. The predicted molar refractivity (Wildman–Crippen MR) is 156 cm³/mol. The Kier molecular flexibility index (Phi) is 8.72. The maximum absolute atomic E-state index is 2.50. The van der Waals surface area contributed by atoms with Gasteiger partial charge in [0.05, 0.1) is 0 Å². The van der Waals surface area contributed by atoms with Crippen LogP contribution in [0.25, 0.3) is 0 Å². The Labute approximate surface area is 209 Å². The van der Waals surface area contributed by atoms with Crippen molar-refractivity contribution in [2.75, 3.05) is 0 Å². The van der Waals surface area contributed by atoms with Crippen LogP contribution >= 0.6 is 15.8 Å². The van der Waals surface area contributed by atoms with E-state index in [9.17, 15) is 0 Å². The summed E-state index contributed by atoms with van der Waals surface area (Å²) in [4.78, 5) is 0. The fourth-order valence-electron chi connectivity index (χ4n) is 4.63. The lowest BCUT2D eigenvalue weighted by atomic mass is 10.2. The molecule has 0 amide bonds. The Morgan fingerprint density at radius 1 is 0.441 bits per heavy atom. The van der Waals surface area contributed by atoms with Gasteiger partial charge in [-0.3, -0.25) is 0 Å². The lowest BCUT2D eigenvalue weighted by Gasteiger charge is -2.36. The highest BCUT2D eigenvalue weighted by Gasteiger charge is 2.32. The summed E-state index contributed by atoms with van der Waals surface area (Å²) in [7, 11) is -0.950. The zero-order valence-electron chi connectivity index (χ0n) is 20.9. The highest BCUT2D eigenvalue weighted by molar-refractivity contribution is 7.77. The second kappa shape index (κ2) is 11.9. The number of aryl methyl sites for hydroxylation is 2. The van der Waals surface area contributed by atoms with Crippen LogP contribution in [0.3, 0.4) is 0 Å². The highest BCUT2D eigenvalue weighted by atomic mass is 31.1. The predicted octanol–water partition coefficient (Wildman–Crippen LogP) is 7.15. The largest absolute Gasteiger partial charge is 0.0622 e. The van der Waals surface area contributed by atoms with E-state index in [-0.39, 0.29) is 0 Å². The first-order valence-corrected chi connectivity index (χ1v) is 15.3. The summed E-state index contributed by atoms with van der Waals surface area (Å²) in [6, 6.07) is 41.3. The van der Waals surface area contributed by atoms with Gasteiger partial charge in [0.15, 0.2) is 0 Å². The van der Waals surface area contributed by atoms with Crippen molar-refractivity contribution in [3.05, 3.63) is 120 Å². The summed E-state index contributed by atoms with van der Waals surface area (Å²) >= 11 is 0. The highest BCUT2D eigenvalue weighted by Crippen LogP contribution is 2.51. The van der Waals surface area contributed by atoms with Crippen molar-refractivity contribution in [3.8, 4) is 0 Å². The van der Waals surface area contributed by atoms with E-state index in [2.05, 4.69) is 137 Å². The van der Waals surface area contributed by atoms with Gasteiger partial charge < -0.3 is 0 Å². The molecular formula is C32H36P2. The summed E-state index contributed by atoms with van der Waals surface area (Å²) in [5.74, 6) is 0. The molecule has 0 heterocycles. The van der Waals surface area contributed by atoms with Crippen molar-refractivity contribution in [3.63, 3.8) is 0 Å². The quantitative estimate of drug-likeness (QED) is 0.222. The fraction of sp³-hybridized carbons (Fsp3) is 0.250. The van der Waals surface area contributed by atoms with Gasteiger partial charge in [-0.05, 0) is 72.3 Å². The van der Waals surface area contributed by atoms with Crippen molar-refractivity contribution in [1.82, 2.24) is 0 Å². The number of hydrogen-bond acceptors (Lipinski definition) is 0. The van der Waals surface area contributed by atoms with E-state index in [0.29, 0.717) is 11.3 Å². The van der Waals surface area contributed by atoms with E-state index in [0.717, 1.165) is 12.8 Å². The minimum Gasteiger partial charge on any atom is -0.0622 e. The van der Waals surface area contributed by atoms with Crippen molar-refractivity contribution in [2.24, 2.45) is 0 Å². The van der Waals surface area contributed by atoms with E-state index in [1.807, 2.05) is 0 Å². The molecule has 0 radical (unpaired) electrons. The molecule has 0 nitrogen and oxygen atoms in total. The standard InChI is InChI=1S/C32H36P2/c1-5-27-17-21-31(22-18-27)34(32-23-19-28(6-2)20-24-32)26(4)25(3)33(29-13-9-7-10-14-29)30-15-11-8-12-16-30/h7-26H,5-6H2,1-4H3. The molecule has 2 unspecified atom stereocenters. The number of benzene rings is 4. The molecule has 0 aliphatic rings. The molecule has 0 fully saturated rings. The second-order valence-electron chi connectivity index (χ2n) is 8.93. The van der Waals surface area contributed by atoms with Gasteiger partial charge in [-0.25, -0.2) is 0 Å². The van der Waals surface area contributed by atoms with E-state index in [1.54, 1.807) is 0 Å². The molecule has 0 N–H and O–H groups in total. The first-order chi connectivity index (χ1) is 16.6. The Balaban J connectivity index is 1.77. The van der Waals surface area contributed by atoms with Crippen LogP contribution in [-0.2, 0) is 12.8 Å². The van der Waals surface area contributed by atoms with E-state index >= 15 is 0 Å². The van der Waals surface area contributed by atoms with Crippen LogP contribution in [-0.4, -0.2) is 11.3 Å². The van der Waals surface area contributed by atoms with E-state index < -0.39 is 15.8 Å². The van der Waals surface area contributed by atoms with Crippen LogP contribution in [0.5, 0.6) is 0 Å². The van der Waals surface area contributed by atoms with Crippen LogP contribution in [0.2, 0.25) is 0 Å². The molecule has 34 heavy (non-hydrogen) atoms. The number of hydrogen-bond donors (Lipinski definition) is 0. The van der Waals surface area contributed by atoms with Gasteiger partial charge in [-0.15, -0.1) is 0 Å². The average Bonchev–Trinajstić information content (AvgIpc) is 2.91. The third-order valence-corrected chi connectivity index (χ3v) is 13.0. The van der Waals surface area contributed by atoms with Gasteiger partial charge in [-0.1, -0.05) is 137 Å². The summed E-state index contributed by atoms with van der Waals surface area (Å²) in [5, 5.41) is 5.93. The van der Waals surface area contributed by atoms with Crippen molar-refractivity contribution in [1.29, 1.82) is 0 Å². The maximum atomic E-state index is 2.50. The van der Waals surface area contributed by atoms with Crippen molar-refractivity contribution >= 4 is 37.1 Å². The smallest absolute Gasteiger partial charge is 0.00861 e. The van der Waals surface area contributed by atoms with Gasteiger partial charge in [0.25, 0.3) is 0 Å². The molecule has 0 bridgehead atoms. The molecule has 0 aromatic heterocycles. The summed E-state index contributed by atoms with van der Waals surface area (Å²) < 4.78 is 0. The van der Waals surface area contributed by atoms with Gasteiger partial charge >= 0.3 is 0 Å². The molecule has 2 heteroatoms. The normalized spacial score (nSPS) is 13.2. The van der Waals surface area contributed by atoms with Gasteiger partial charge in [-0.2, -0.15) is 0 Å². The van der Waals surface area contributed by atoms with Gasteiger partial charge in [0.2, 0.25) is 0 Å². The van der Waals surface area contributed by atoms with Gasteiger partial charge in [0, 0.05) is 0 Å². The third-order valence-electron chi connectivity index (χ3n) is 6.83. The van der Waals surface area contributed by atoms with Crippen LogP contribution < -0.4 is 21.2 Å². The van der Waals surface area contributed by atoms with Crippen LogP contribution in [0.1, 0.15) is 38.8 Å². The average molecular weight is 483 g/mol. The molecule has 2 atom stereocenters. The summed E-state index contributed by atoms with van der Waals surface area (Å²) in [6.45, 7) is 9.46. The summed E-state index contributed by atoms with van der Waals surface area (Å²) in [6.07, 6.45) is 2.17. The van der Waals surface area contributed by atoms with E-state index in [4.69, 9.17) is 0 Å². The monoisotopic (exact) mass is 482 g/mol. The Hall–Kier alpha value is -2.26. The summed E-state index contributed by atoms with van der Waals surface area (Å²) in [5.41, 5.74) is 3.91. The first-order valence-electron chi connectivity index (χ1n) is 12.5. The molecule has 4 rings (SSSR count). The number of rotatable bonds is 9. The molecule has 0 aliphatic carbocycles. The third kappa shape index (κ3) is 5.68. The molecular weight excluding hydrogens is 446 g/mol.